The van der Waals surface area contributed by atoms with Crippen LogP contribution >= 0.6 is 34.5 Å². The Hall–Kier alpha value is -1.36. The minimum absolute atomic E-state index is 0.183. The molecular weight excluding hydrogens is 315 g/mol. The van der Waals surface area contributed by atoms with E-state index in [2.05, 4.69) is 11.6 Å². The Labute approximate surface area is 131 Å². The van der Waals surface area contributed by atoms with E-state index >= 15 is 0 Å². The van der Waals surface area contributed by atoms with Crippen molar-refractivity contribution in [1.29, 1.82) is 0 Å². The zero-order chi connectivity index (χ0) is 14.5. The van der Waals surface area contributed by atoms with Crippen LogP contribution in [0.2, 0.25) is 9.36 Å². The number of hydrogen-bond acceptors (Lipinski definition) is 3. The van der Waals surface area contributed by atoms with Crippen LogP contribution < -0.4 is 0 Å². The van der Waals surface area contributed by atoms with Crippen LogP contribution in [0.5, 0.6) is 0 Å². The summed E-state index contributed by atoms with van der Waals surface area (Å²) in [6, 6.07) is 6.91. The molecule has 0 radical (unpaired) electrons. The highest BCUT2D eigenvalue weighted by Gasteiger charge is 2.17. The number of pyridine rings is 1. The lowest BCUT2D eigenvalue weighted by Crippen LogP contribution is -2.31. The zero-order valence-electron chi connectivity index (χ0n) is 10.6. The highest BCUT2D eigenvalue weighted by molar-refractivity contribution is 7.16. The zero-order valence-corrected chi connectivity index (χ0v) is 12.9. The molecule has 1 amide bonds. The largest absolute Gasteiger partial charge is 0.328 e. The van der Waals surface area contributed by atoms with Gasteiger partial charge in [-0.15, -0.1) is 17.9 Å². The average molecular weight is 327 g/mol. The van der Waals surface area contributed by atoms with Gasteiger partial charge in [-0.3, -0.25) is 9.78 Å². The van der Waals surface area contributed by atoms with Crippen molar-refractivity contribution in [3.05, 3.63) is 63.0 Å². The van der Waals surface area contributed by atoms with Crippen molar-refractivity contribution in [3.8, 4) is 0 Å². The van der Waals surface area contributed by atoms with Gasteiger partial charge in [-0.1, -0.05) is 29.3 Å². The van der Waals surface area contributed by atoms with E-state index in [0.29, 0.717) is 28.1 Å². The fourth-order valence-corrected chi connectivity index (χ4v) is 2.95. The van der Waals surface area contributed by atoms with E-state index in [1.165, 1.54) is 17.5 Å². The number of carbonyl (C=O) groups is 1. The Morgan fingerprint density at radius 3 is 2.80 bits per heavy atom. The molecule has 104 valence electrons. The number of nitrogens with zero attached hydrogens (tertiary/aromatic N) is 2. The molecule has 0 aliphatic heterocycles. The SMILES string of the molecule is C=CCN(Cc1ccc(Cl)s1)C(=O)c1cc(Cl)ccn1. The van der Waals surface area contributed by atoms with E-state index < -0.39 is 0 Å². The molecule has 0 unspecified atom stereocenters. The van der Waals surface area contributed by atoms with Gasteiger partial charge in [0.15, 0.2) is 0 Å². The first kappa shape index (κ1) is 15.0. The maximum Gasteiger partial charge on any atom is 0.273 e. The summed E-state index contributed by atoms with van der Waals surface area (Å²) in [5.41, 5.74) is 0.321. The second-order valence-corrected chi connectivity index (χ2v) is 6.28. The minimum Gasteiger partial charge on any atom is -0.328 e. The van der Waals surface area contributed by atoms with Crippen molar-refractivity contribution in [2.24, 2.45) is 0 Å². The molecule has 0 atom stereocenters. The van der Waals surface area contributed by atoms with E-state index in [-0.39, 0.29) is 5.91 Å². The predicted octanol–water partition coefficient (Wildman–Crippen LogP) is 4.28. The van der Waals surface area contributed by atoms with Gasteiger partial charge >= 0.3 is 0 Å². The monoisotopic (exact) mass is 326 g/mol. The smallest absolute Gasteiger partial charge is 0.273 e. The van der Waals surface area contributed by atoms with Crippen molar-refractivity contribution in [3.63, 3.8) is 0 Å². The summed E-state index contributed by atoms with van der Waals surface area (Å²) < 4.78 is 0.701. The third-order valence-electron chi connectivity index (χ3n) is 2.55. The maximum atomic E-state index is 12.4. The highest BCUT2D eigenvalue weighted by Crippen LogP contribution is 2.23. The maximum absolute atomic E-state index is 12.4. The first-order chi connectivity index (χ1) is 9.60. The quantitative estimate of drug-likeness (QED) is 0.768. The molecule has 0 aliphatic carbocycles. The first-order valence-electron chi connectivity index (χ1n) is 5.86. The summed E-state index contributed by atoms with van der Waals surface area (Å²) in [6.07, 6.45) is 3.20. The van der Waals surface area contributed by atoms with E-state index in [1.54, 1.807) is 23.1 Å². The molecule has 0 bridgehead atoms. The second-order valence-electron chi connectivity index (χ2n) is 4.04. The van der Waals surface area contributed by atoms with Gasteiger partial charge in [0, 0.05) is 22.6 Å². The topological polar surface area (TPSA) is 33.2 Å². The molecule has 0 saturated heterocycles. The van der Waals surface area contributed by atoms with Gasteiger partial charge in [-0.2, -0.15) is 0 Å². The summed E-state index contributed by atoms with van der Waals surface area (Å²) in [7, 11) is 0. The first-order valence-corrected chi connectivity index (χ1v) is 7.43. The third kappa shape index (κ3) is 3.82. The molecule has 0 spiro atoms. The summed E-state index contributed by atoms with van der Waals surface area (Å²) in [4.78, 5) is 19.1. The van der Waals surface area contributed by atoms with Crippen LogP contribution in [-0.2, 0) is 6.54 Å². The van der Waals surface area contributed by atoms with Gasteiger partial charge in [0.05, 0.1) is 10.9 Å². The van der Waals surface area contributed by atoms with Gasteiger partial charge in [-0.05, 0) is 24.3 Å². The number of hydrogen-bond donors (Lipinski definition) is 0. The molecule has 3 nitrogen and oxygen atoms in total. The van der Waals surface area contributed by atoms with Crippen LogP contribution in [0.25, 0.3) is 0 Å². The molecular formula is C14H12Cl2N2OS. The Bertz CT molecular complexity index is 627. The van der Waals surface area contributed by atoms with E-state index in [9.17, 15) is 4.79 Å². The lowest BCUT2D eigenvalue weighted by Gasteiger charge is -2.20. The van der Waals surface area contributed by atoms with Crippen molar-refractivity contribution < 1.29 is 4.79 Å². The lowest BCUT2D eigenvalue weighted by molar-refractivity contribution is 0.0758. The van der Waals surface area contributed by atoms with Crippen LogP contribution in [0.4, 0.5) is 0 Å². The highest BCUT2D eigenvalue weighted by atomic mass is 35.5. The Balaban J connectivity index is 2.19. The van der Waals surface area contributed by atoms with Gasteiger partial charge in [-0.25, -0.2) is 0 Å². The van der Waals surface area contributed by atoms with Gasteiger partial charge < -0.3 is 4.90 Å². The summed E-state index contributed by atoms with van der Waals surface area (Å²) in [6.45, 7) is 4.58. The number of rotatable bonds is 5. The van der Waals surface area contributed by atoms with E-state index in [4.69, 9.17) is 23.2 Å². The van der Waals surface area contributed by atoms with Crippen LogP contribution in [0, 0.1) is 0 Å². The van der Waals surface area contributed by atoms with Crippen LogP contribution in [0.3, 0.4) is 0 Å². The van der Waals surface area contributed by atoms with Crippen molar-refractivity contribution in [2.75, 3.05) is 6.54 Å². The number of thiophene rings is 1. The van der Waals surface area contributed by atoms with Gasteiger partial charge in [0.25, 0.3) is 5.91 Å². The van der Waals surface area contributed by atoms with Gasteiger partial charge in [0.1, 0.15) is 5.69 Å². The number of aromatic nitrogens is 1. The predicted molar refractivity (Wildman–Crippen MR) is 83.5 cm³/mol. The molecule has 0 aromatic carbocycles. The van der Waals surface area contributed by atoms with Crippen LogP contribution in [0.1, 0.15) is 15.4 Å². The Morgan fingerprint density at radius 1 is 1.40 bits per heavy atom. The van der Waals surface area contributed by atoms with E-state index in [1.807, 2.05) is 12.1 Å². The summed E-state index contributed by atoms with van der Waals surface area (Å²) in [5, 5.41) is 0.487. The van der Waals surface area contributed by atoms with Crippen molar-refractivity contribution in [2.45, 2.75) is 6.54 Å². The molecule has 0 saturated carbocycles. The number of halogens is 2. The third-order valence-corrected chi connectivity index (χ3v) is 4.00. The Kier molecular flexibility index (Phi) is 5.17. The minimum atomic E-state index is -0.183. The molecule has 6 heteroatoms. The van der Waals surface area contributed by atoms with Crippen LogP contribution in [0.15, 0.2) is 43.1 Å². The second kappa shape index (κ2) is 6.88. The molecule has 2 rings (SSSR count). The average Bonchev–Trinajstić information content (AvgIpc) is 2.83. The normalized spacial score (nSPS) is 10.3. The van der Waals surface area contributed by atoms with Gasteiger partial charge in [0.2, 0.25) is 0 Å². The van der Waals surface area contributed by atoms with Crippen LogP contribution in [-0.4, -0.2) is 22.3 Å². The molecule has 2 aromatic rings. The molecule has 20 heavy (non-hydrogen) atoms. The number of amides is 1. The molecule has 0 N–H and O–H groups in total. The van der Waals surface area contributed by atoms with E-state index in [0.717, 1.165) is 4.88 Å². The fourth-order valence-electron chi connectivity index (χ4n) is 1.68. The number of carbonyl (C=O) groups excluding carboxylic acids is 1. The Morgan fingerprint density at radius 2 is 2.20 bits per heavy atom. The lowest BCUT2D eigenvalue weighted by atomic mass is 10.3. The molecule has 2 heterocycles. The summed E-state index contributed by atoms with van der Waals surface area (Å²) in [5.74, 6) is -0.183. The molecule has 0 fully saturated rings. The van der Waals surface area contributed by atoms with Crippen molar-refractivity contribution in [1.82, 2.24) is 9.88 Å². The molecule has 0 aliphatic rings. The fraction of sp³-hybridized carbons (Fsp3) is 0.143. The summed E-state index contributed by atoms with van der Waals surface area (Å²) >= 11 is 13.2. The van der Waals surface area contributed by atoms with Crippen molar-refractivity contribution >= 4 is 40.4 Å². The standard InChI is InChI=1S/C14H12Cl2N2OS/c1-2-7-18(9-11-3-4-13(16)20-11)14(19)12-8-10(15)5-6-17-12/h2-6,8H,1,7,9H2. The molecule has 2 aromatic heterocycles.